The lowest BCUT2D eigenvalue weighted by molar-refractivity contribution is 0.0484. The summed E-state index contributed by atoms with van der Waals surface area (Å²) in [7, 11) is 0. The van der Waals surface area contributed by atoms with Crippen LogP contribution in [0.15, 0.2) is 0 Å². The van der Waals surface area contributed by atoms with Crippen molar-refractivity contribution in [3.63, 3.8) is 0 Å². The predicted molar refractivity (Wildman–Crippen MR) is 46.4 cm³/mol. The van der Waals surface area contributed by atoms with Gasteiger partial charge in [-0.3, -0.25) is 0 Å². The van der Waals surface area contributed by atoms with E-state index < -0.39 is 0 Å². The van der Waals surface area contributed by atoms with E-state index in [4.69, 9.17) is 10.5 Å². The van der Waals surface area contributed by atoms with Gasteiger partial charge in [0.15, 0.2) is 0 Å². The number of ether oxygens (including phenoxy) is 1. The van der Waals surface area contributed by atoms with Crippen molar-refractivity contribution in [2.24, 2.45) is 11.7 Å². The molecule has 0 heterocycles. The van der Waals surface area contributed by atoms with Gasteiger partial charge in [-0.2, -0.15) is 0 Å². The van der Waals surface area contributed by atoms with E-state index >= 15 is 0 Å². The highest BCUT2D eigenvalue weighted by Crippen LogP contribution is 2.32. The fourth-order valence-corrected chi connectivity index (χ4v) is 0.979. The first-order valence-electron chi connectivity index (χ1n) is 4.57. The van der Waals surface area contributed by atoms with Crippen molar-refractivity contribution in [1.29, 1.82) is 0 Å². The molecule has 1 saturated carbocycles. The van der Waals surface area contributed by atoms with Gasteiger partial charge in [0.1, 0.15) is 0 Å². The number of rotatable bonds is 5. The molecule has 1 unspecified atom stereocenters. The molecule has 0 saturated heterocycles. The zero-order valence-corrected chi connectivity index (χ0v) is 7.55. The highest BCUT2D eigenvalue weighted by Gasteiger charge is 2.21. The fourth-order valence-electron chi connectivity index (χ4n) is 0.979. The van der Waals surface area contributed by atoms with Crippen LogP contribution in [0.5, 0.6) is 0 Å². The molecule has 66 valence electrons. The summed E-state index contributed by atoms with van der Waals surface area (Å²) in [6, 6.07) is 0.161. The van der Waals surface area contributed by atoms with E-state index in [1.54, 1.807) is 0 Å². The van der Waals surface area contributed by atoms with E-state index in [9.17, 15) is 0 Å². The van der Waals surface area contributed by atoms with Crippen molar-refractivity contribution >= 4 is 0 Å². The molecule has 11 heavy (non-hydrogen) atoms. The first-order chi connectivity index (χ1) is 5.20. The second kappa shape index (κ2) is 4.07. The molecule has 2 nitrogen and oxygen atoms in total. The smallest absolute Gasteiger partial charge is 0.0695 e. The van der Waals surface area contributed by atoms with Gasteiger partial charge in [0.25, 0.3) is 0 Å². The number of hydrogen-bond donors (Lipinski definition) is 1. The topological polar surface area (TPSA) is 35.2 Å². The summed E-state index contributed by atoms with van der Waals surface area (Å²) >= 11 is 0. The molecule has 2 atom stereocenters. The summed E-state index contributed by atoms with van der Waals surface area (Å²) in [5.74, 6) is 0.968. The van der Waals surface area contributed by atoms with Crippen molar-refractivity contribution in [1.82, 2.24) is 0 Å². The van der Waals surface area contributed by atoms with Crippen molar-refractivity contribution in [3.8, 4) is 0 Å². The average Bonchev–Trinajstić information content (AvgIpc) is 2.71. The third-order valence-electron chi connectivity index (χ3n) is 2.34. The Morgan fingerprint density at radius 3 is 2.55 bits per heavy atom. The van der Waals surface area contributed by atoms with Gasteiger partial charge in [-0.25, -0.2) is 0 Å². The van der Waals surface area contributed by atoms with Crippen molar-refractivity contribution in [2.45, 2.75) is 45.3 Å². The average molecular weight is 157 g/mol. The summed E-state index contributed by atoms with van der Waals surface area (Å²) in [5, 5.41) is 0. The number of nitrogens with two attached hydrogens (primary N) is 1. The molecular weight excluding hydrogens is 138 g/mol. The Hall–Kier alpha value is -0.0800. The van der Waals surface area contributed by atoms with Crippen molar-refractivity contribution < 1.29 is 4.74 Å². The lowest BCUT2D eigenvalue weighted by atomic mass is 10.2. The third kappa shape index (κ3) is 3.73. The lowest BCUT2D eigenvalue weighted by Crippen LogP contribution is -2.31. The van der Waals surface area contributed by atoms with Gasteiger partial charge in [-0.1, -0.05) is 12.8 Å². The molecule has 0 spiro atoms. The van der Waals surface area contributed by atoms with E-state index in [0.717, 1.165) is 12.5 Å². The van der Waals surface area contributed by atoms with Crippen molar-refractivity contribution in [2.75, 3.05) is 6.61 Å². The van der Waals surface area contributed by atoms with Crippen LogP contribution in [-0.4, -0.2) is 18.8 Å². The monoisotopic (exact) mass is 157 g/mol. The molecule has 0 radical (unpaired) electrons. The lowest BCUT2D eigenvalue weighted by Gasteiger charge is -2.16. The molecular formula is C9H19NO. The standard InChI is InChI=1S/C9H19NO/c1-7(10)8(2)11-6-5-9-3-4-9/h7-9H,3-6,10H2,1-2H3/t7-,8?/m0/s1. The van der Waals surface area contributed by atoms with E-state index in [-0.39, 0.29) is 12.1 Å². The zero-order chi connectivity index (χ0) is 8.27. The molecule has 1 aliphatic carbocycles. The van der Waals surface area contributed by atoms with Gasteiger partial charge in [0.2, 0.25) is 0 Å². The first kappa shape index (κ1) is 9.01. The predicted octanol–water partition coefficient (Wildman–Crippen LogP) is 1.54. The van der Waals surface area contributed by atoms with Crippen LogP contribution in [0.4, 0.5) is 0 Å². The Morgan fingerprint density at radius 2 is 2.09 bits per heavy atom. The Bertz CT molecular complexity index is 110. The largest absolute Gasteiger partial charge is 0.377 e. The van der Waals surface area contributed by atoms with Gasteiger partial charge in [-0.15, -0.1) is 0 Å². The van der Waals surface area contributed by atoms with Crippen LogP contribution >= 0.6 is 0 Å². The molecule has 0 amide bonds. The van der Waals surface area contributed by atoms with Crippen LogP contribution in [0.25, 0.3) is 0 Å². The van der Waals surface area contributed by atoms with Gasteiger partial charge < -0.3 is 10.5 Å². The van der Waals surface area contributed by atoms with Gasteiger partial charge in [-0.05, 0) is 26.2 Å². The minimum atomic E-state index is 0.161. The van der Waals surface area contributed by atoms with E-state index in [1.807, 2.05) is 13.8 Å². The molecule has 1 rings (SSSR count). The maximum absolute atomic E-state index is 5.64. The second-order valence-electron chi connectivity index (χ2n) is 3.67. The maximum atomic E-state index is 5.64. The Morgan fingerprint density at radius 1 is 1.45 bits per heavy atom. The summed E-state index contributed by atoms with van der Waals surface area (Å²) in [4.78, 5) is 0. The Labute approximate surface area is 69.1 Å². The van der Waals surface area contributed by atoms with Crippen LogP contribution in [-0.2, 0) is 4.74 Å². The normalized spacial score (nSPS) is 23.2. The Kier molecular flexibility index (Phi) is 3.34. The highest BCUT2D eigenvalue weighted by molar-refractivity contribution is 4.73. The van der Waals surface area contributed by atoms with E-state index in [0.29, 0.717) is 0 Å². The van der Waals surface area contributed by atoms with E-state index in [2.05, 4.69) is 0 Å². The molecule has 0 aromatic carbocycles. The second-order valence-corrected chi connectivity index (χ2v) is 3.67. The third-order valence-corrected chi connectivity index (χ3v) is 2.34. The van der Waals surface area contributed by atoms with Crippen LogP contribution in [0.1, 0.15) is 33.1 Å². The summed E-state index contributed by atoms with van der Waals surface area (Å²) in [5.41, 5.74) is 5.64. The molecule has 1 fully saturated rings. The van der Waals surface area contributed by atoms with Gasteiger partial charge in [0, 0.05) is 12.6 Å². The molecule has 0 aliphatic heterocycles. The maximum Gasteiger partial charge on any atom is 0.0695 e. The molecule has 0 aromatic heterocycles. The van der Waals surface area contributed by atoms with Gasteiger partial charge in [0.05, 0.1) is 6.10 Å². The first-order valence-corrected chi connectivity index (χ1v) is 4.57. The molecule has 1 aliphatic rings. The van der Waals surface area contributed by atoms with Gasteiger partial charge >= 0.3 is 0 Å². The quantitative estimate of drug-likeness (QED) is 0.657. The molecule has 0 aromatic rings. The zero-order valence-electron chi connectivity index (χ0n) is 7.55. The highest BCUT2D eigenvalue weighted by atomic mass is 16.5. The minimum absolute atomic E-state index is 0.161. The molecule has 0 bridgehead atoms. The van der Waals surface area contributed by atoms with Crippen molar-refractivity contribution in [3.05, 3.63) is 0 Å². The SMILES string of the molecule is CC(OCCC1CC1)[C@H](C)N. The fraction of sp³-hybridized carbons (Fsp3) is 1.00. The summed E-state index contributed by atoms with van der Waals surface area (Å²) in [6.07, 6.45) is 4.27. The van der Waals surface area contributed by atoms with E-state index in [1.165, 1.54) is 19.3 Å². The summed E-state index contributed by atoms with van der Waals surface area (Å²) in [6.45, 7) is 4.92. The number of hydrogen-bond acceptors (Lipinski definition) is 2. The van der Waals surface area contributed by atoms with Crippen LogP contribution in [0.3, 0.4) is 0 Å². The Balaban J connectivity index is 1.92. The minimum Gasteiger partial charge on any atom is -0.377 e. The summed E-state index contributed by atoms with van der Waals surface area (Å²) < 4.78 is 5.53. The van der Waals surface area contributed by atoms with Crippen LogP contribution in [0.2, 0.25) is 0 Å². The molecule has 2 N–H and O–H groups in total. The molecule has 2 heteroatoms. The van der Waals surface area contributed by atoms with Crippen LogP contribution in [0, 0.1) is 5.92 Å². The van der Waals surface area contributed by atoms with Crippen LogP contribution < -0.4 is 5.73 Å².